The van der Waals surface area contributed by atoms with Gasteiger partial charge in [-0.1, -0.05) is 19.1 Å². The van der Waals surface area contributed by atoms with Crippen molar-refractivity contribution < 1.29 is 14.0 Å². The van der Waals surface area contributed by atoms with Crippen molar-refractivity contribution >= 4 is 17.5 Å². The molecular formula is C15H20FN3O2. The van der Waals surface area contributed by atoms with E-state index in [2.05, 4.69) is 22.5 Å². The molecule has 21 heavy (non-hydrogen) atoms. The maximum absolute atomic E-state index is 13.4. The van der Waals surface area contributed by atoms with Crippen LogP contribution < -0.4 is 10.6 Å². The van der Waals surface area contributed by atoms with E-state index >= 15 is 0 Å². The number of likely N-dealkylation sites (N-methyl/N-ethyl adjacent to an activating group) is 1. The average molecular weight is 293 g/mol. The number of para-hydroxylation sites is 1. The lowest BCUT2D eigenvalue weighted by molar-refractivity contribution is -0.136. The van der Waals surface area contributed by atoms with Crippen molar-refractivity contribution in [3.63, 3.8) is 0 Å². The number of likely N-dealkylation sites (tertiary alicyclic amines) is 1. The fourth-order valence-corrected chi connectivity index (χ4v) is 2.58. The molecule has 1 atom stereocenters. The second-order valence-electron chi connectivity index (χ2n) is 5.07. The first-order valence-electron chi connectivity index (χ1n) is 7.19. The van der Waals surface area contributed by atoms with Crippen LogP contribution in [0.5, 0.6) is 0 Å². The molecule has 1 aromatic carbocycles. The molecule has 0 unspecified atom stereocenters. The fraction of sp³-hybridized carbons (Fsp3) is 0.467. The lowest BCUT2D eigenvalue weighted by atomic mass is 10.2. The Hall–Kier alpha value is -1.95. The van der Waals surface area contributed by atoms with Gasteiger partial charge < -0.3 is 10.6 Å². The SMILES string of the molecule is CCN1CCC[C@@H]1CNC(=O)C(=O)Nc1ccccc1F. The molecule has 0 aliphatic carbocycles. The smallest absolute Gasteiger partial charge is 0.313 e. The minimum Gasteiger partial charge on any atom is -0.346 e. The molecule has 0 aromatic heterocycles. The van der Waals surface area contributed by atoms with Crippen molar-refractivity contribution in [1.29, 1.82) is 0 Å². The van der Waals surface area contributed by atoms with Crippen molar-refractivity contribution in [3.8, 4) is 0 Å². The molecule has 0 radical (unpaired) electrons. The first kappa shape index (κ1) is 15.4. The molecule has 1 heterocycles. The monoisotopic (exact) mass is 293 g/mol. The molecule has 2 amide bonds. The highest BCUT2D eigenvalue weighted by Gasteiger charge is 2.24. The number of halogens is 1. The molecule has 1 aliphatic rings. The van der Waals surface area contributed by atoms with Crippen LogP contribution in [0.25, 0.3) is 0 Å². The van der Waals surface area contributed by atoms with E-state index in [0.717, 1.165) is 25.9 Å². The Balaban J connectivity index is 1.83. The number of carbonyl (C=O) groups is 2. The van der Waals surface area contributed by atoms with E-state index in [1.807, 2.05) is 0 Å². The standard InChI is InChI=1S/C15H20FN3O2/c1-2-19-9-5-6-11(19)10-17-14(20)15(21)18-13-8-4-3-7-12(13)16/h3-4,7-8,11H,2,5-6,9-10H2,1H3,(H,17,20)(H,18,21)/t11-/m1/s1. The van der Waals surface area contributed by atoms with Gasteiger partial charge in [-0.25, -0.2) is 4.39 Å². The van der Waals surface area contributed by atoms with Gasteiger partial charge in [0.25, 0.3) is 0 Å². The third-order valence-corrected chi connectivity index (χ3v) is 3.73. The van der Waals surface area contributed by atoms with Gasteiger partial charge in [0, 0.05) is 12.6 Å². The van der Waals surface area contributed by atoms with Gasteiger partial charge in [-0.05, 0) is 38.1 Å². The summed E-state index contributed by atoms with van der Waals surface area (Å²) < 4.78 is 13.4. The number of amides is 2. The second-order valence-corrected chi connectivity index (χ2v) is 5.07. The number of rotatable bonds is 4. The molecule has 0 saturated carbocycles. The zero-order valence-corrected chi connectivity index (χ0v) is 12.1. The summed E-state index contributed by atoms with van der Waals surface area (Å²) in [5, 5.41) is 4.88. The van der Waals surface area contributed by atoms with Crippen molar-refractivity contribution in [3.05, 3.63) is 30.1 Å². The Morgan fingerprint density at radius 3 is 2.81 bits per heavy atom. The zero-order chi connectivity index (χ0) is 15.2. The van der Waals surface area contributed by atoms with Crippen LogP contribution in [0.15, 0.2) is 24.3 Å². The van der Waals surface area contributed by atoms with Gasteiger partial charge in [-0.2, -0.15) is 0 Å². The molecular weight excluding hydrogens is 273 g/mol. The second kappa shape index (κ2) is 7.17. The fourth-order valence-electron chi connectivity index (χ4n) is 2.58. The molecule has 1 aromatic rings. The maximum atomic E-state index is 13.4. The van der Waals surface area contributed by atoms with E-state index in [1.54, 1.807) is 6.07 Å². The first-order valence-corrected chi connectivity index (χ1v) is 7.19. The van der Waals surface area contributed by atoms with Crippen molar-refractivity contribution in [1.82, 2.24) is 10.2 Å². The lowest BCUT2D eigenvalue weighted by Crippen LogP contribution is -2.43. The molecule has 6 heteroatoms. The molecule has 5 nitrogen and oxygen atoms in total. The van der Waals surface area contributed by atoms with Crippen LogP contribution in [0.4, 0.5) is 10.1 Å². The van der Waals surface area contributed by atoms with Gasteiger partial charge >= 0.3 is 11.8 Å². The van der Waals surface area contributed by atoms with E-state index in [0.29, 0.717) is 6.54 Å². The summed E-state index contributed by atoms with van der Waals surface area (Å²) in [5.41, 5.74) is 0.00806. The highest BCUT2D eigenvalue weighted by Crippen LogP contribution is 2.15. The highest BCUT2D eigenvalue weighted by atomic mass is 19.1. The van der Waals surface area contributed by atoms with Gasteiger partial charge in [0.05, 0.1) is 5.69 Å². The van der Waals surface area contributed by atoms with Crippen LogP contribution in [0.2, 0.25) is 0 Å². The van der Waals surface area contributed by atoms with Gasteiger partial charge in [-0.3, -0.25) is 14.5 Å². The predicted molar refractivity (Wildman–Crippen MR) is 78.3 cm³/mol. The number of benzene rings is 1. The van der Waals surface area contributed by atoms with Crippen molar-refractivity contribution in [2.24, 2.45) is 0 Å². The summed E-state index contributed by atoms with van der Waals surface area (Å²) in [7, 11) is 0. The molecule has 1 fully saturated rings. The topological polar surface area (TPSA) is 61.4 Å². The Labute approximate surface area is 123 Å². The van der Waals surface area contributed by atoms with Gasteiger partial charge in [0.2, 0.25) is 0 Å². The maximum Gasteiger partial charge on any atom is 0.313 e. The Morgan fingerprint density at radius 1 is 1.33 bits per heavy atom. The Morgan fingerprint density at radius 2 is 2.10 bits per heavy atom. The number of nitrogens with zero attached hydrogens (tertiary/aromatic N) is 1. The summed E-state index contributed by atoms with van der Waals surface area (Å²) in [6, 6.07) is 6.03. The van der Waals surface area contributed by atoms with Crippen LogP contribution in [-0.2, 0) is 9.59 Å². The largest absolute Gasteiger partial charge is 0.346 e. The molecule has 1 saturated heterocycles. The van der Waals surface area contributed by atoms with Crippen LogP contribution in [0.1, 0.15) is 19.8 Å². The first-order chi connectivity index (χ1) is 10.1. The van der Waals surface area contributed by atoms with Crippen LogP contribution in [-0.4, -0.2) is 42.4 Å². The van der Waals surface area contributed by atoms with Gasteiger partial charge in [0.15, 0.2) is 0 Å². The lowest BCUT2D eigenvalue weighted by Gasteiger charge is -2.22. The minimum atomic E-state index is -0.846. The average Bonchev–Trinajstić information content (AvgIpc) is 2.94. The van der Waals surface area contributed by atoms with E-state index in [9.17, 15) is 14.0 Å². The number of hydrogen-bond acceptors (Lipinski definition) is 3. The van der Waals surface area contributed by atoms with Gasteiger partial charge in [0.1, 0.15) is 5.82 Å². The van der Waals surface area contributed by atoms with Crippen LogP contribution in [0.3, 0.4) is 0 Å². The Kier molecular flexibility index (Phi) is 5.27. The number of nitrogens with one attached hydrogen (secondary N) is 2. The summed E-state index contributed by atoms with van der Waals surface area (Å²) in [6.07, 6.45) is 2.12. The summed E-state index contributed by atoms with van der Waals surface area (Å²) in [5.74, 6) is -2.14. The third kappa shape index (κ3) is 4.01. The minimum absolute atomic E-state index is 0.00806. The zero-order valence-electron chi connectivity index (χ0n) is 12.1. The summed E-state index contributed by atoms with van der Waals surface area (Å²) in [6.45, 7) is 4.48. The van der Waals surface area contributed by atoms with E-state index in [4.69, 9.17) is 0 Å². The molecule has 114 valence electrons. The number of carbonyl (C=O) groups excluding carboxylic acids is 2. The quantitative estimate of drug-likeness (QED) is 0.824. The molecule has 0 bridgehead atoms. The van der Waals surface area contributed by atoms with Crippen molar-refractivity contribution in [2.45, 2.75) is 25.8 Å². The third-order valence-electron chi connectivity index (χ3n) is 3.73. The Bertz CT molecular complexity index is 521. The van der Waals surface area contributed by atoms with E-state index in [1.165, 1.54) is 18.2 Å². The van der Waals surface area contributed by atoms with Gasteiger partial charge in [-0.15, -0.1) is 0 Å². The normalized spacial score (nSPS) is 18.5. The van der Waals surface area contributed by atoms with Crippen LogP contribution in [0, 0.1) is 5.82 Å². The number of anilines is 1. The predicted octanol–water partition coefficient (Wildman–Crippen LogP) is 1.36. The van der Waals surface area contributed by atoms with E-state index in [-0.39, 0.29) is 11.7 Å². The molecule has 2 rings (SSSR count). The summed E-state index contributed by atoms with van der Waals surface area (Å²) >= 11 is 0. The summed E-state index contributed by atoms with van der Waals surface area (Å²) in [4.78, 5) is 25.7. The molecule has 1 aliphatic heterocycles. The molecule has 0 spiro atoms. The van der Waals surface area contributed by atoms with Crippen LogP contribution >= 0.6 is 0 Å². The van der Waals surface area contributed by atoms with Crippen molar-refractivity contribution in [2.75, 3.05) is 25.0 Å². The number of hydrogen-bond donors (Lipinski definition) is 2. The highest BCUT2D eigenvalue weighted by molar-refractivity contribution is 6.39. The molecule has 2 N–H and O–H groups in total. The van der Waals surface area contributed by atoms with E-state index < -0.39 is 17.6 Å².